The molecule has 4 nitrogen and oxygen atoms in total. The first-order valence-corrected chi connectivity index (χ1v) is 4.36. The third kappa shape index (κ3) is 2.65. The molecule has 0 fully saturated rings. The Morgan fingerprint density at radius 3 is 3.07 bits per heavy atom. The van der Waals surface area contributed by atoms with Crippen LogP contribution in [-0.4, -0.2) is 23.8 Å². The SMILES string of the molecule is CCCOC(=O)c1ccnc(C=O)c1. The van der Waals surface area contributed by atoms with Gasteiger partial charge in [-0.3, -0.25) is 9.78 Å². The molecule has 0 spiro atoms. The van der Waals surface area contributed by atoms with Crippen LogP contribution in [0.25, 0.3) is 0 Å². The van der Waals surface area contributed by atoms with Gasteiger partial charge in [-0.25, -0.2) is 4.79 Å². The zero-order valence-electron chi connectivity index (χ0n) is 7.90. The number of ether oxygens (including phenoxy) is 1. The molecule has 0 aliphatic carbocycles. The largest absolute Gasteiger partial charge is 0.462 e. The Balaban J connectivity index is 2.74. The summed E-state index contributed by atoms with van der Waals surface area (Å²) in [6, 6.07) is 2.93. The van der Waals surface area contributed by atoms with E-state index in [0.717, 1.165) is 6.42 Å². The van der Waals surface area contributed by atoms with Crippen LogP contribution >= 0.6 is 0 Å². The Morgan fingerprint density at radius 1 is 1.64 bits per heavy atom. The summed E-state index contributed by atoms with van der Waals surface area (Å²) in [5, 5.41) is 0. The van der Waals surface area contributed by atoms with Crippen LogP contribution in [0.1, 0.15) is 34.2 Å². The average molecular weight is 193 g/mol. The Labute approximate surface area is 81.9 Å². The predicted molar refractivity (Wildman–Crippen MR) is 50.2 cm³/mol. The predicted octanol–water partition coefficient (Wildman–Crippen LogP) is 1.46. The lowest BCUT2D eigenvalue weighted by Gasteiger charge is -2.02. The molecule has 0 aliphatic heterocycles. The molecule has 14 heavy (non-hydrogen) atoms. The monoisotopic (exact) mass is 193 g/mol. The molecule has 0 aromatic carbocycles. The summed E-state index contributed by atoms with van der Waals surface area (Å²) in [4.78, 5) is 25.4. The molecule has 0 radical (unpaired) electrons. The van der Waals surface area contributed by atoms with Crippen LogP contribution in [0, 0.1) is 0 Å². The molecule has 1 rings (SSSR count). The van der Waals surface area contributed by atoms with E-state index in [1.165, 1.54) is 18.3 Å². The Morgan fingerprint density at radius 2 is 2.43 bits per heavy atom. The zero-order valence-corrected chi connectivity index (χ0v) is 7.90. The lowest BCUT2D eigenvalue weighted by atomic mass is 10.2. The van der Waals surface area contributed by atoms with E-state index in [-0.39, 0.29) is 5.69 Å². The number of aldehydes is 1. The number of carbonyl (C=O) groups is 2. The van der Waals surface area contributed by atoms with Crippen LogP contribution in [0.4, 0.5) is 0 Å². The summed E-state index contributed by atoms with van der Waals surface area (Å²) < 4.78 is 4.89. The van der Waals surface area contributed by atoms with E-state index in [9.17, 15) is 9.59 Å². The molecule has 74 valence electrons. The number of carbonyl (C=O) groups excluding carboxylic acids is 2. The maximum atomic E-state index is 11.3. The summed E-state index contributed by atoms with van der Waals surface area (Å²) in [6.07, 6.45) is 2.78. The van der Waals surface area contributed by atoms with Crippen molar-refractivity contribution in [1.82, 2.24) is 4.98 Å². The lowest BCUT2D eigenvalue weighted by molar-refractivity contribution is 0.0505. The van der Waals surface area contributed by atoms with Gasteiger partial charge in [-0.05, 0) is 18.6 Å². The fourth-order valence-corrected chi connectivity index (χ4v) is 0.918. The van der Waals surface area contributed by atoms with Gasteiger partial charge in [0.2, 0.25) is 0 Å². The Hall–Kier alpha value is -1.71. The molecular formula is C10H11NO3. The number of nitrogens with zero attached hydrogens (tertiary/aromatic N) is 1. The summed E-state index contributed by atoms with van der Waals surface area (Å²) in [5.74, 6) is -0.419. The van der Waals surface area contributed by atoms with Crippen LogP contribution in [0.15, 0.2) is 18.3 Å². The first kappa shape index (κ1) is 10.4. The van der Waals surface area contributed by atoms with E-state index < -0.39 is 5.97 Å². The second-order valence-corrected chi connectivity index (χ2v) is 2.72. The van der Waals surface area contributed by atoms with Crippen molar-refractivity contribution in [3.05, 3.63) is 29.6 Å². The van der Waals surface area contributed by atoms with Crippen LogP contribution in [0.3, 0.4) is 0 Å². The summed E-state index contributed by atoms with van der Waals surface area (Å²) >= 11 is 0. The van der Waals surface area contributed by atoms with Gasteiger partial charge in [-0.2, -0.15) is 0 Å². The fourth-order valence-electron chi connectivity index (χ4n) is 0.918. The van der Waals surface area contributed by atoms with E-state index in [4.69, 9.17) is 4.74 Å². The minimum absolute atomic E-state index is 0.232. The van der Waals surface area contributed by atoms with Crippen LogP contribution < -0.4 is 0 Å². The molecule has 0 saturated heterocycles. The molecule has 0 N–H and O–H groups in total. The highest BCUT2D eigenvalue weighted by molar-refractivity contribution is 5.90. The van der Waals surface area contributed by atoms with E-state index in [2.05, 4.69) is 4.98 Å². The maximum Gasteiger partial charge on any atom is 0.338 e. The highest BCUT2D eigenvalue weighted by Crippen LogP contribution is 2.02. The fraction of sp³-hybridized carbons (Fsp3) is 0.300. The smallest absolute Gasteiger partial charge is 0.338 e. The molecule has 0 amide bonds. The maximum absolute atomic E-state index is 11.3. The standard InChI is InChI=1S/C10H11NO3/c1-2-5-14-10(13)8-3-4-11-9(6-8)7-12/h3-4,6-7H,2,5H2,1H3. The molecular weight excluding hydrogens is 182 g/mol. The lowest BCUT2D eigenvalue weighted by Crippen LogP contribution is -2.06. The van der Waals surface area contributed by atoms with Gasteiger partial charge >= 0.3 is 5.97 Å². The van der Waals surface area contributed by atoms with E-state index >= 15 is 0 Å². The van der Waals surface area contributed by atoms with Gasteiger partial charge < -0.3 is 4.74 Å². The molecule has 1 aromatic rings. The number of aromatic nitrogens is 1. The van der Waals surface area contributed by atoms with Crippen molar-refractivity contribution in [3.8, 4) is 0 Å². The topological polar surface area (TPSA) is 56.3 Å². The number of hydrogen-bond acceptors (Lipinski definition) is 4. The van der Waals surface area contributed by atoms with Gasteiger partial charge in [0, 0.05) is 6.20 Å². The third-order valence-electron chi connectivity index (χ3n) is 1.57. The second kappa shape index (κ2) is 5.11. The first-order chi connectivity index (χ1) is 6.77. The van der Waals surface area contributed by atoms with E-state index in [1.54, 1.807) is 0 Å². The second-order valence-electron chi connectivity index (χ2n) is 2.72. The first-order valence-electron chi connectivity index (χ1n) is 4.36. The van der Waals surface area contributed by atoms with Crippen LogP contribution in [-0.2, 0) is 4.74 Å². The van der Waals surface area contributed by atoms with Crippen molar-refractivity contribution in [2.75, 3.05) is 6.61 Å². The minimum Gasteiger partial charge on any atom is -0.462 e. The number of pyridine rings is 1. The van der Waals surface area contributed by atoms with Crippen molar-refractivity contribution in [2.45, 2.75) is 13.3 Å². The molecule has 0 unspecified atom stereocenters. The number of hydrogen-bond donors (Lipinski definition) is 0. The number of rotatable bonds is 4. The van der Waals surface area contributed by atoms with Crippen molar-refractivity contribution >= 4 is 12.3 Å². The van der Waals surface area contributed by atoms with Gasteiger partial charge in [0.05, 0.1) is 12.2 Å². The van der Waals surface area contributed by atoms with Gasteiger partial charge in [0.25, 0.3) is 0 Å². The summed E-state index contributed by atoms with van der Waals surface area (Å²) in [6.45, 7) is 2.30. The highest BCUT2D eigenvalue weighted by Gasteiger charge is 2.06. The van der Waals surface area contributed by atoms with Gasteiger partial charge in [0.1, 0.15) is 5.69 Å². The molecule has 0 aliphatic rings. The van der Waals surface area contributed by atoms with Gasteiger partial charge in [-0.15, -0.1) is 0 Å². The van der Waals surface area contributed by atoms with Crippen LogP contribution in [0.2, 0.25) is 0 Å². The molecule has 0 atom stereocenters. The molecule has 4 heteroatoms. The zero-order chi connectivity index (χ0) is 10.4. The summed E-state index contributed by atoms with van der Waals surface area (Å²) in [5.41, 5.74) is 0.589. The van der Waals surface area contributed by atoms with Gasteiger partial charge in [0.15, 0.2) is 6.29 Å². The molecule has 0 bridgehead atoms. The van der Waals surface area contributed by atoms with Gasteiger partial charge in [-0.1, -0.05) is 6.92 Å². The van der Waals surface area contributed by atoms with E-state index in [1.807, 2.05) is 6.92 Å². The third-order valence-corrected chi connectivity index (χ3v) is 1.57. The minimum atomic E-state index is -0.419. The summed E-state index contributed by atoms with van der Waals surface area (Å²) in [7, 11) is 0. The molecule has 0 saturated carbocycles. The van der Waals surface area contributed by atoms with E-state index in [0.29, 0.717) is 18.5 Å². The molecule has 1 heterocycles. The Bertz CT molecular complexity index is 336. The molecule has 1 aromatic heterocycles. The number of esters is 1. The quantitative estimate of drug-likeness (QED) is 0.536. The Kier molecular flexibility index (Phi) is 3.79. The van der Waals surface area contributed by atoms with Crippen molar-refractivity contribution < 1.29 is 14.3 Å². The van der Waals surface area contributed by atoms with Crippen LogP contribution in [0.5, 0.6) is 0 Å². The highest BCUT2D eigenvalue weighted by atomic mass is 16.5. The van der Waals surface area contributed by atoms with Crippen molar-refractivity contribution in [2.24, 2.45) is 0 Å². The average Bonchev–Trinajstić information content (AvgIpc) is 2.26. The normalized spacial score (nSPS) is 9.50. The van der Waals surface area contributed by atoms with Crippen molar-refractivity contribution in [3.63, 3.8) is 0 Å². The van der Waals surface area contributed by atoms with Crippen molar-refractivity contribution in [1.29, 1.82) is 0 Å².